The number of carbonyl (C=O) groups excluding carboxylic acids is 3. The Kier molecular flexibility index (Phi) is 5.56. The standard InChI is InChI=1S/C16H20N2O5/c1-22-11-5-3-10(4-6-11)9-13(16(21)23-2)18-15(20)12-7-8-14(19)17-12/h3-6,12-13H,7-9H2,1-2H3,(H,17,19)(H,18,20)/t12-,13+/m0/s1. The van der Waals surface area contributed by atoms with Crippen molar-refractivity contribution in [2.24, 2.45) is 0 Å². The lowest BCUT2D eigenvalue weighted by Crippen LogP contribution is -2.49. The lowest BCUT2D eigenvalue weighted by molar-refractivity contribution is -0.145. The summed E-state index contributed by atoms with van der Waals surface area (Å²) in [5.74, 6) is -0.353. The molecule has 2 amide bonds. The molecule has 1 fully saturated rings. The molecular weight excluding hydrogens is 300 g/mol. The van der Waals surface area contributed by atoms with Crippen molar-refractivity contribution < 1.29 is 23.9 Å². The summed E-state index contributed by atoms with van der Waals surface area (Å²) in [5.41, 5.74) is 0.858. The van der Waals surface area contributed by atoms with Crippen molar-refractivity contribution in [2.75, 3.05) is 14.2 Å². The maximum absolute atomic E-state index is 12.2. The van der Waals surface area contributed by atoms with E-state index in [0.29, 0.717) is 25.0 Å². The van der Waals surface area contributed by atoms with Gasteiger partial charge in [0.2, 0.25) is 11.8 Å². The Balaban J connectivity index is 2.02. The van der Waals surface area contributed by atoms with E-state index in [0.717, 1.165) is 5.56 Å². The van der Waals surface area contributed by atoms with E-state index in [1.54, 1.807) is 19.2 Å². The van der Waals surface area contributed by atoms with Gasteiger partial charge in [-0.3, -0.25) is 9.59 Å². The highest BCUT2D eigenvalue weighted by molar-refractivity contribution is 5.93. The van der Waals surface area contributed by atoms with Gasteiger partial charge in [-0.2, -0.15) is 0 Å². The SMILES string of the molecule is COC(=O)[C@@H](Cc1ccc(OC)cc1)NC(=O)[C@@H]1CCC(=O)N1. The summed E-state index contributed by atoms with van der Waals surface area (Å²) in [4.78, 5) is 35.3. The van der Waals surface area contributed by atoms with Gasteiger partial charge in [0.1, 0.15) is 17.8 Å². The summed E-state index contributed by atoms with van der Waals surface area (Å²) in [6.07, 6.45) is 1.05. The number of hydrogen-bond donors (Lipinski definition) is 2. The molecule has 1 aromatic rings. The molecule has 0 aromatic heterocycles. The van der Waals surface area contributed by atoms with Crippen molar-refractivity contribution in [1.82, 2.24) is 10.6 Å². The van der Waals surface area contributed by atoms with Gasteiger partial charge in [0.05, 0.1) is 14.2 Å². The minimum Gasteiger partial charge on any atom is -0.497 e. The Bertz CT molecular complexity index is 585. The van der Waals surface area contributed by atoms with Gasteiger partial charge >= 0.3 is 5.97 Å². The zero-order valence-electron chi connectivity index (χ0n) is 13.1. The smallest absolute Gasteiger partial charge is 0.328 e. The van der Waals surface area contributed by atoms with E-state index >= 15 is 0 Å². The number of carbonyl (C=O) groups is 3. The first kappa shape index (κ1) is 16.8. The minimum absolute atomic E-state index is 0.157. The quantitative estimate of drug-likeness (QED) is 0.729. The molecule has 1 aliphatic heterocycles. The molecule has 1 heterocycles. The third-order valence-corrected chi connectivity index (χ3v) is 3.71. The molecule has 124 valence electrons. The Hall–Kier alpha value is -2.57. The van der Waals surface area contributed by atoms with Crippen LogP contribution < -0.4 is 15.4 Å². The topological polar surface area (TPSA) is 93.7 Å². The molecule has 2 rings (SSSR count). The Morgan fingerprint density at radius 2 is 2.00 bits per heavy atom. The molecule has 1 saturated heterocycles. The predicted molar refractivity (Wildman–Crippen MR) is 81.8 cm³/mol. The second-order valence-corrected chi connectivity index (χ2v) is 5.30. The normalized spacial score (nSPS) is 18.0. The summed E-state index contributed by atoms with van der Waals surface area (Å²) in [6, 6.07) is 5.80. The van der Waals surface area contributed by atoms with Crippen LogP contribution in [0.2, 0.25) is 0 Å². The summed E-state index contributed by atoms with van der Waals surface area (Å²) < 4.78 is 9.83. The Morgan fingerprint density at radius 3 is 2.52 bits per heavy atom. The predicted octanol–water partition coefficient (Wildman–Crippen LogP) is 0.174. The van der Waals surface area contributed by atoms with Crippen LogP contribution in [0.15, 0.2) is 24.3 Å². The van der Waals surface area contributed by atoms with Crippen molar-refractivity contribution >= 4 is 17.8 Å². The van der Waals surface area contributed by atoms with Crippen molar-refractivity contribution in [3.8, 4) is 5.75 Å². The zero-order chi connectivity index (χ0) is 16.8. The van der Waals surface area contributed by atoms with Gasteiger partial charge in [-0.1, -0.05) is 12.1 Å². The van der Waals surface area contributed by atoms with Crippen LogP contribution in [0.4, 0.5) is 0 Å². The van der Waals surface area contributed by atoms with Gasteiger partial charge in [-0.25, -0.2) is 4.79 Å². The van der Waals surface area contributed by atoms with Gasteiger partial charge in [0.15, 0.2) is 0 Å². The number of ether oxygens (including phenoxy) is 2. The fourth-order valence-corrected chi connectivity index (χ4v) is 2.42. The Labute approximate surface area is 134 Å². The molecule has 1 aliphatic rings. The van der Waals surface area contributed by atoms with Crippen molar-refractivity contribution in [2.45, 2.75) is 31.3 Å². The zero-order valence-corrected chi connectivity index (χ0v) is 13.1. The van der Waals surface area contributed by atoms with Crippen LogP contribution in [0.25, 0.3) is 0 Å². The average Bonchev–Trinajstić information content (AvgIpc) is 3.00. The van der Waals surface area contributed by atoms with E-state index in [9.17, 15) is 14.4 Å². The largest absolute Gasteiger partial charge is 0.497 e. The summed E-state index contributed by atoms with van der Waals surface area (Å²) in [5, 5.41) is 5.22. The van der Waals surface area contributed by atoms with Crippen LogP contribution in [0.1, 0.15) is 18.4 Å². The molecule has 1 aromatic carbocycles. The molecule has 0 radical (unpaired) electrons. The first-order valence-electron chi connectivity index (χ1n) is 7.34. The molecule has 2 atom stereocenters. The highest BCUT2D eigenvalue weighted by atomic mass is 16.5. The van der Waals surface area contributed by atoms with Crippen molar-refractivity contribution in [3.05, 3.63) is 29.8 Å². The molecule has 7 nitrogen and oxygen atoms in total. The monoisotopic (exact) mass is 320 g/mol. The highest BCUT2D eigenvalue weighted by Gasteiger charge is 2.30. The maximum Gasteiger partial charge on any atom is 0.328 e. The number of hydrogen-bond acceptors (Lipinski definition) is 5. The van der Waals surface area contributed by atoms with Gasteiger partial charge < -0.3 is 20.1 Å². The van der Waals surface area contributed by atoms with E-state index in [1.165, 1.54) is 7.11 Å². The van der Waals surface area contributed by atoms with E-state index in [1.807, 2.05) is 12.1 Å². The van der Waals surface area contributed by atoms with E-state index in [-0.39, 0.29) is 11.8 Å². The minimum atomic E-state index is -0.807. The van der Waals surface area contributed by atoms with E-state index in [4.69, 9.17) is 9.47 Å². The average molecular weight is 320 g/mol. The Morgan fingerprint density at radius 1 is 1.30 bits per heavy atom. The third-order valence-electron chi connectivity index (χ3n) is 3.71. The molecule has 0 unspecified atom stereocenters. The van der Waals surface area contributed by atoms with Crippen LogP contribution in [-0.2, 0) is 25.5 Å². The van der Waals surface area contributed by atoms with Crippen molar-refractivity contribution in [1.29, 1.82) is 0 Å². The third kappa shape index (κ3) is 4.45. The number of methoxy groups -OCH3 is 2. The van der Waals surface area contributed by atoms with Gasteiger partial charge in [0, 0.05) is 12.8 Å². The molecular formula is C16H20N2O5. The second kappa shape index (κ2) is 7.62. The molecule has 0 saturated carbocycles. The summed E-state index contributed by atoms with van der Waals surface area (Å²) >= 11 is 0. The molecule has 23 heavy (non-hydrogen) atoms. The van der Waals surface area contributed by atoms with Crippen LogP contribution in [0, 0.1) is 0 Å². The first-order chi connectivity index (χ1) is 11.0. The van der Waals surface area contributed by atoms with Crippen LogP contribution in [0.3, 0.4) is 0 Å². The number of amides is 2. The molecule has 0 spiro atoms. The maximum atomic E-state index is 12.2. The fraction of sp³-hybridized carbons (Fsp3) is 0.438. The lowest BCUT2D eigenvalue weighted by atomic mass is 10.0. The highest BCUT2D eigenvalue weighted by Crippen LogP contribution is 2.14. The first-order valence-corrected chi connectivity index (χ1v) is 7.34. The number of rotatable bonds is 6. The molecule has 7 heteroatoms. The molecule has 0 bridgehead atoms. The summed E-state index contributed by atoms with van der Waals surface area (Å²) in [6.45, 7) is 0. The van der Waals surface area contributed by atoms with Crippen LogP contribution in [-0.4, -0.2) is 44.1 Å². The van der Waals surface area contributed by atoms with E-state index in [2.05, 4.69) is 10.6 Å². The number of esters is 1. The lowest BCUT2D eigenvalue weighted by Gasteiger charge is -2.19. The van der Waals surface area contributed by atoms with Gasteiger partial charge in [0.25, 0.3) is 0 Å². The van der Waals surface area contributed by atoms with Gasteiger partial charge in [-0.05, 0) is 24.1 Å². The molecule has 2 N–H and O–H groups in total. The van der Waals surface area contributed by atoms with Crippen LogP contribution >= 0.6 is 0 Å². The second-order valence-electron chi connectivity index (χ2n) is 5.30. The van der Waals surface area contributed by atoms with Crippen LogP contribution in [0.5, 0.6) is 5.75 Å². The molecule has 0 aliphatic carbocycles. The van der Waals surface area contributed by atoms with E-state index < -0.39 is 18.1 Å². The van der Waals surface area contributed by atoms with Crippen molar-refractivity contribution in [3.63, 3.8) is 0 Å². The fourth-order valence-electron chi connectivity index (χ4n) is 2.42. The van der Waals surface area contributed by atoms with Gasteiger partial charge in [-0.15, -0.1) is 0 Å². The number of benzene rings is 1. The number of nitrogens with one attached hydrogen (secondary N) is 2. The summed E-state index contributed by atoms with van der Waals surface area (Å²) in [7, 11) is 2.84.